The largest absolute Gasteiger partial charge is 0.480 e. The Hall–Kier alpha value is -4.20. The quantitative estimate of drug-likeness (QED) is 0.506. The van der Waals surface area contributed by atoms with E-state index in [4.69, 9.17) is 0 Å². The minimum absolute atomic E-state index is 0.0210. The van der Waals surface area contributed by atoms with E-state index in [-0.39, 0.29) is 22.5 Å². The monoisotopic (exact) mass is 478 g/mol. The number of aromatic nitrogens is 2. The van der Waals surface area contributed by atoms with Crippen LogP contribution in [0.25, 0.3) is 5.57 Å². The van der Waals surface area contributed by atoms with Gasteiger partial charge in [-0.05, 0) is 61.4 Å². The maximum Gasteiger partial charge on any atom is 0.319 e. The highest BCUT2D eigenvalue weighted by atomic mass is 19.1. The topological polar surface area (TPSA) is 72.2 Å². The van der Waals surface area contributed by atoms with E-state index in [1.165, 1.54) is 48.6 Å². The molecule has 3 aromatic rings. The van der Waals surface area contributed by atoms with Gasteiger partial charge in [0.1, 0.15) is 28.7 Å². The number of carboxylic acids is 1. The van der Waals surface area contributed by atoms with E-state index in [0.717, 1.165) is 22.8 Å². The third-order valence-electron chi connectivity index (χ3n) is 6.28. The third-order valence-corrected chi connectivity index (χ3v) is 6.28. The van der Waals surface area contributed by atoms with Gasteiger partial charge in [0.2, 0.25) is 0 Å². The summed E-state index contributed by atoms with van der Waals surface area (Å²) in [6.07, 6.45) is 3.58. The molecule has 2 aromatic carbocycles. The lowest BCUT2D eigenvalue weighted by atomic mass is 9.65. The number of nitrogens with zero attached hydrogens (tertiary/aromatic N) is 2. The fourth-order valence-corrected chi connectivity index (χ4v) is 4.38. The standard InChI is InChI=1S/C27H21F3N2O3/c1-15(18-7-4-9-20(28)13-18)27(26(34)35)12-6-11-22(30)23(27)24-31-16(2)17(3)32(24)25(33)19-8-5-10-21(29)14-19/h4-14,23H,1H2,2-3H3,(H,34,35). The van der Waals surface area contributed by atoms with E-state index in [2.05, 4.69) is 11.6 Å². The molecule has 1 aliphatic rings. The molecule has 1 aliphatic carbocycles. The van der Waals surface area contributed by atoms with Crippen molar-refractivity contribution in [2.45, 2.75) is 19.8 Å². The molecule has 1 aromatic heterocycles. The van der Waals surface area contributed by atoms with E-state index in [1.807, 2.05) is 0 Å². The Morgan fingerprint density at radius 1 is 1.03 bits per heavy atom. The molecule has 35 heavy (non-hydrogen) atoms. The number of carboxylic acid groups (broad SMARTS) is 1. The second-order valence-electron chi connectivity index (χ2n) is 8.30. The Morgan fingerprint density at radius 2 is 1.63 bits per heavy atom. The first-order valence-electron chi connectivity index (χ1n) is 10.7. The zero-order chi connectivity index (χ0) is 25.5. The summed E-state index contributed by atoms with van der Waals surface area (Å²) in [5.74, 6) is -6.08. The molecule has 0 bridgehead atoms. The van der Waals surface area contributed by atoms with E-state index >= 15 is 4.39 Å². The number of aryl methyl sites for hydroxylation is 1. The van der Waals surface area contributed by atoms with Crippen LogP contribution in [0.5, 0.6) is 0 Å². The van der Waals surface area contributed by atoms with Crippen LogP contribution in [0.4, 0.5) is 13.2 Å². The van der Waals surface area contributed by atoms with Crippen LogP contribution in [-0.2, 0) is 4.79 Å². The van der Waals surface area contributed by atoms with Crippen molar-refractivity contribution < 1.29 is 27.9 Å². The summed E-state index contributed by atoms with van der Waals surface area (Å²) in [5, 5.41) is 10.4. The van der Waals surface area contributed by atoms with Crippen LogP contribution in [0, 0.1) is 30.9 Å². The fourth-order valence-electron chi connectivity index (χ4n) is 4.38. The van der Waals surface area contributed by atoms with Gasteiger partial charge < -0.3 is 5.11 Å². The van der Waals surface area contributed by atoms with Crippen LogP contribution >= 0.6 is 0 Å². The van der Waals surface area contributed by atoms with Crippen LogP contribution in [-0.4, -0.2) is 26.5 Å². The highest BCUT2D eigenvalue weighted by Crippen LogP contribution is 2.53. The van der Waals surface area contributed by atoms with Crippen LogP contribution in [0.3, 0.4) is 0 Å². The van der Waals surface area contributed by atoms with Crippen molar-refractivity contribution in [2.75, 3.05) is 0 Å². The first-order chi connectivity index (χ1) is 16.6. The van der Waals surface area contributed by atoms with Gasteiger partial charge in [0.15, 0.2) is 0 Å². The summed E-state index contributed by atoms with van der Waals surface area (Å²) in [4.78, 5) is 30.6. The third kappa shape index (κ3) is 3.90. The van der Waals surface area contributed by atoms with Crippen LogP contribution in [0.2, 0.25) is 0 Å². The average molecular weight is 478 g/mol. The lowest BCUT2D eigenvalue weighted by Gasteiger charge is -2.37. The number of hydrogen-bond acceptors (Lipinski definition) is 3. The number of hydrogen-bond donors (Lipinski definition) is 1. The van der Waals surface area contributed by atoms with Gasteiger partial charge in [-0.15, -0.1) is 0 Å². The van der Waals surface area contributed by atoms with Crippen molar-refractivity contribution in [1.29, 1.82) is 0 Å². The summed E-state index contributed by atoms with van der Waals surface area (Å²) >= 11 is 0. The van der Waals surface area contributed by atoms with E-state index < -0.39 is 40.7 Å². The summed E-state index contributed by atoms with van der Waals surface area (Å²) in [5.41, 5.74) is -1.38. The minimum Gasteiger partial charge on any atom is -0.480 e. The number of rotatable bonds is 5. The van der Waals surface area contributed by atoms with Crippen molar-refractivity contribution in [2.24, 2.45) is 5.41 Å². The van der Waals surface area contributed by atoms with E-state index in [0.29, 0.717) is 11.4 Å². The van der Waals surface area contributed by atoms with Gasteiger partial charge >= 0.3 is 5.97 Å². The van der Waals surface area contributed by atoms with Gasteiger partial charge in [-0.2, -0.15) is 0 Å². The maximum absolute atomic E-state index is 15.6. The molecule has 1 N–H and O–H groups in total. The minimum atomic E-state index is -2.13. The number of carbonyl (C=O) groups excluding carboxylic acids is 1. The van der Waals surface area contributed by atoms with Crippen LogP contribution < -0.4 is 0 Å². The molecule has 5 nitrogen and oxygen atoms in total. The van der Waals surface area contributed by atoms with Crippen LogP contribution in [0.1, 0.15) is 39.1 Å². The number of benzene rings is 2. The lowest BCUT2D eigenvalue weighted by Crippen LogP contribution is -2.40. The second-order valence-corrected chi connectivity index (χ2v) is 8.30. The zero-order valence-electron chi connectivity index (χ0n) is 18.9. The molecular weight excluding hydrogens is 457 g/mol. The molecule has 0 saturated heterocycles. The van der Waals surface area contributed by atoms with E-state index in [9.17, 15) is 23.5 Å². The molecule has 0 radical (unpaired) electrons. The molecule has 0 fully saturated rings. The van der Waals surface area contributed by atoms with Gasteiger partial charge in [0.25, 0.3) is 5.91 Å². The lowest BCUT2D eigenvalue weighted by molar-refractivity contribution is -0.144. The first kappa shape index (κ1) is 23.9. The van der Waals surface area contributed by atoms with Crippen molar-refractivity contribution in [3.63, 3.8) is 0 Å². The Morgan fingerprint density at radius 3 is 2.23 bits per heavy atom. The molecule has 8 heteroatoms. The zero-order valence-corrected chi connectivity index (χ0v) is 18.9. The highest BCUT2D eigenvalue weighted by molar-refractivity contribution is 5.99. The van der Waals surface area contributed by atoms with Gasteiger partial charge in [-0.25, -0.2) is 18.2 Å². The smallest absolute Gasteiger partial charge is 0.319 e. The second kappa shape index (κ2) is 8.87. The van der Waals surface area contributed by atoms with Crippen molar-refractivity contribution in [1.82, 2.24) is 9.55 Å². The van der Waals surface area contributed by atoms with Crippen molar-refractivity contribution in [3.8, 4) is 0 Å². The summed E-state index contributed by atoms with van der Waals surface area (Å²) in [6, 6.07) is 10.1. The maximum atomic E-state index is 15.6. The molecule has 0 aliphatic heterocycles. The number of halogens is 3. The Balaban J connectivity index is 1.97. The van der Waals surface area contributed by atoms with Gasteiger partial charge in [0, 0.05) is 11.3 Å². The summed E-state index contributed by atoms with van der Waals surface area (Å²) in [7, 11) is 0. The summed E-state index contributed by atoms with van der Waals surface area (Å²) in [6.45, 7) is 7.07. The van der Waals surface area contributed by atoms with Gasteiger partial charge in [0.05, 0.1) is 11.6 Å². The SMILES string of the molecule is C=C(c1cccc(F)c1)C1(C(=O)O)C=CC=C(F)C1c1nc(C)c(C)n1C(=O)c1cccc(F)c1. The number of carbonyl (C=O) groups is 2. The molecule has 0 saturated carbocycles. The van der Waals surface area contributed by atoms with Gasteiger partial charge in [-0.3, -0.25) is 14.2 Å². The highest BCUT2D eigenvalue weighted by Gasteiger charge is 2.53. The Bertz CT molecular complexity index is 1440. The first-order valence-corrected chi connectivity index (χ1v) is 10.7. The average Bonchev–Trinajstić information content (AvgIpc) is 3.11. The molecule has 4 rings (SSSR count). The molecule has 178 valence electrons. The van der Waals surface area contributed by atoms with Crippen LogP contribution in [0.15, 0.2) is 79.2 Å². The molecule has 1 heterocycles. The van der Waals surface area contributed by atoms with Crippen molar-refractivity contribution in [3.05, 3.63) is 119 Å². The Kier molecular flexibility index (Phi) is 6.06. The molecule has 2 unspecified atom stereocenters. The number of imidazole rings is 1. The normalized spacial score (nSPS) is 19.3. The van der Waals surface area contributed by atoms with E-state index in [1.54, 1.807) is 13.8 Å². The molecular formula is C27H21F3N2O3. The Labute approximate surface area is 199 Å². The fraction of sp³-hybridized carbons (Fsp3) is 0.148. The predicted molar refractivity (Wildman–Crippen MR) is 124 cm³/mol. The van der Waals surface area contributed by atoms with Crippen molar-refractivity contribution >= 4 is 17.4 Å². The molecule has 0 amide bonds. The molecule has 2 atom stereocenters. The molecule has 0 spiro atoms. The number of aliphatic carboxylic acids is 1. The van der Waals surface area contributed by atoms with Gasteiger partial charge in [-0.1, -0.05) is 36.9 Å². The number of allylic oxidation sites excluding steroid dienone is 3. The summed E-state index contributed by atoms with van der Waals surface area (Å²) < 4.78 is 44.5. The predicted octanol–water partition coefficient (Wildman–Crippen LogP) is 5.76.